The summed E-state index contributed by atoms with van der Waals surface area (Å²) < 4.78 is 50.2. The van der Waals surface area contributed by atoms with Crippen LogP contribution in [0.2, 0.25) is 0 Å². The largest absolute Gasteiger partial charge is 0.381 e. The highest BCUT2D eigenvalue weighted by molar-refractivity contribution is 7.91. The van der Waals surface area contributed by atoms with Gasteiger partial charge in [-0.2, -0.15) is 9.40 Å². The number of aromatic nitrogens is 2. The lowest BCUT2D eigenvalue weighted by Gasteiger charge is -2.18. The predicted molar refractivity (Wildman–Crippen MR) is 69.7 cm³/mol. The minimum absolute atomic E-state index is 0.0154. The third-order valence-electron chi connectivity index (χ3n) is 2.95. The fraction of sp³-hybridized carbons (Fsp3) is 0.667. The molecule has 0 aromatic carbocycles. The molecule has 2 N–H and O–H groups in total. The van der Waals surface area contributed by atoms with E-state index in [0.29, 0.717) is 6.42 Å². The van der Waals surface area contributed by atoms with Crippen molar-refractivity contribution in [2.45, 2.75) is 11.3 Å². The Morgan fingerprint density at radius 3 is 2.58 bits per heavy atom. The molecule has 2 heterocycles. The minimum atomic E-state index is -3.78. The zero-order valence-corrected chi connectivity index (χ0v) is 12.1. The molecule has 108 valence electrons. The molecule has 0 bridgehead atoms. The minimum Gasteiger partial charge on any atom is -0.381 e. The summed E-state index contributed by atoms with van der Waals surface area (Å²) in [6.45, 7) is 0.134. The van der Waals surface area contributed by atoms with Crippen molar-refractivity contribution < 1.29 is 16.8 Å². The van der Waals surface area contributed by atoms with Gasteiger partial charge in [-0.25, -0.2) is 16.8 Å². The van der Waals surface area contributed by atoms with Crippen molar-refractivity contribution in [3.63, 3.8) is 0 Å². The van der Waals surface area contributed by atoms with Gasteiger partial charge in [0.25, 0.3) is 0 Å². The number of hydrogen-bond donors (Lipinski definition) is 1. The van der Waals surface area contributed by atoms with Crippen LogP contribution < -0.4 is 5.73 Å². The molecule has 0 aliphatic carbocycles. The molecule has 10 heteroatoms. The van der Waals surface area contributed by atoms with Crippen molar-refractivity contribution in [1.82, 2.24) is 14.1 Å². The van der Waals surface area contributed by atoms with Gasteiger partial charge in [0.15, 0.2) is 15.7 Å². The Kier molecular flexibility index (Phi) is 3.58. The van der Waals surface area contributed by atoms with Gasteiger partial charge < -0.3 is 5.73 Å². The molecule has 8 nitrogen and oxygen atoms in total. The van der Waals surface area contributed by atoms with E-state index >= 15 is 0 Å². The summed E-state index contributed by atoms with van der Waals surface area (Å²) in [7, 11) is -5.37. The highest BCUT2D eigenvalue weighted by Crippen LogP contribution is 2.22. The number of nitrogens with two attached hydrogens (primary N) is 1. The van der Waals surface area contributed by atoms with Gasteiger partial charge in [0.1, 0.15) is 4.90 Å². The number of nitrogen functional groups attached to an aromatic ring is 1. The van der Waals surface area contributed by atoms with Gasteiger partial charge in [-0.05, 0) is 6.42 Å². The van der Waals surface area contributed by atoms with Crippen LogP contribution in [0.5, 0.6) is 0 Å². The lowest BCUT2D eigenvalue weighted by molar-refractivity contribution is 0.435. The van der Waals surface area contributed by atoms with Crippen LogP contribution in [0, 0.1) is 0 Å². The Hall–Kier alpha value is -1.13. The quantitative estimate of drug-likeness (QED) is 0.734. The van der Waals surface area contributed by atoms with E-state index in [1.165, 1.54) is 10.9 Å². The van der Waals surface area contributed by atoms with Gasteiger partial charge in [-0.3, -0.25) is 4.68 Å². The number of sulfone groups is 1. The summed E-state index contributed by atoms with van der Waals surface area (Å²) in [4.78, 5) is -0.0747. The van der Waals surface area contributed by atoms with Gasteiger partial charge in [0, 0.05) is 26.3 Å². The molecule has 0 saturated carbocycles. The second-order valence-corrected chi connectivity index (χ2v) is 8.67. The third-order valence-corrected chi connectivity index (χ3v) is 6.58. The van der Waals surface area contributed by atoms with Crippen LogP contribution >= 0.6 is 0 Å². The molecular weight excluding hydrogens is 292 g/mol. The second-order valence-electron chi connectivity index (χ2n) is 4.46. The van der Waals surface area contributed by atoms with E-state index in [2.05, 4.69) is 5.10 Å². The van der Waals surface area contributed by atoms with Gasteiger partial charge in [-0.1, -0.05) is 0 Å². The maximum Gasteiger partial charge on any atom is 0.248 e. The number of hydrogen-bond acceptors (Lipinski definition) is 6. The fourth-order valence-corrected chi connectivity index (χ4v) is 4.94. The molecular formula is C9H16N4O4S2. The number of aryl methyl sites for hydroxylation is 1. The first-order valence-corrected chi connectivity index (χ1v) is 8.98. The van der Waals surface area contributed by atoms with Crippen molar-refractivity contribution >= 4 is 25.7 Å². The van der Waals surface area contributed by atoms with Gasteiger partial charge in [0.2, 0.25) is 10.0 Å². The van der Waals surface area contributed by atoms with E-state index in [0.717, 1.165) is 4.31 Å². The molecule has 1 saturated heterocycles. The van der Waals surface area contributed by atoms with Crippen LogP contribution in [0.25, 0.3) is 0 Å². The highest BCUT2D eigenvalue weighted by Gasteiger charge is 2.31. The standard InChI is InChI=1S/C9H16N4O4S2/c1-12-7-8(9(10)11-12)19(16,17)13-3-2-5-18(14,15)6-4-13/h7H,2-6H2,1H3,(H2,10,11). The molecule has 0 amide bonds. The first-order valence-electron chi connectivity index (χ1n) is 5.72. The molecule has 1 aromatic heterocycles. The number of rotatable bonds is 2. The topological polar surface area (TPSA) is 115 Å². The van der Waals surface area contributed by atoms with Crippen LogP contribution in [0.15, 0.2) is 11.1 Å². The Balaban J connectivity index is 2.33. The fourth-order valence-electron chi connectivity index (χ4n) is 1.98. The van der Waals surface area contributed by atoms with Crippen molar-refractivity contribution in [1.29, 1.82) is 0 Å². The molecule has 1 fully saturated rings. The zero-order chi connectivity index (χ0) is 14.3. The number of sulfonamides is 1. The first-order chi connectivity index (χ1) is 8.72. The summed E-state index contributed by atoms with van der Waals surface area (Å²) in [5.41, 5.74) is 5.57. The number of nitrogens with zero attached hydrogens (tertiary/aromatic N) is 3. The Morgan fingerprint density at radius 2 is 2.00 bits per heavy atom. The van der Waals surface area contributed by atoms with Crippen LogP contribution in [-0.4, -0.2) is 55.5 Å². The zero-order valence-electron chi connectivity index (χ0n) is 10.5. The monoisotopic (exact) mass is 308 g/mol. The van der Waals surface area contributed by atoms with Crippen molar-refractivity contribution in [3.8, 4) is 0 Å². The van der Waals surface area contributed by atoms with E-state index in [4.69, 9.17) is 5.73 Å². The molecule has 0 spiro atoms. The Labute approximate surface area is 112 Å². The average Bonchev–Trinajstić information content (AvgIpc) is 2.52. The maximum absolute atomic E-state index is 12.4. The van der Waals surface area contributed by atoms with Crippen molar-refractivity contribution in [2.75, 3.05) is 30.3 Å². The average molecular weight is 308 g/mol. The summed E-state index contributed by atoms with van der Waals surface area (Å²) in [6.07, 6.45) is 1.62. The van der Waals surface area contributed by atoms with Crippen LogP contribution in [-0.2, 0) is 26.9 Å². The molecule has 0 unspecified atom stereocenters. The summed E-state index contributed by atoms with van der Waals surface area (Å²) in [5, 5.41) is 3.79. The van der Waals surface area contributed by atoms with Gasteiger partial charge in [0.05, 0.1) is 11.5 Å². The van der Waals surface area contributed by atoms with Gasteiger partial charge in [-0.15, -0.1) is 0 Å². The van der Waals surface area contributed by atoms with Crippen LogP contribution in [0.3, 0.4) is 0 Å². The van der Waals surface area contributed by atoms with E-state index in [1.54, 1.807) is 7.05 Å². The van der Waals surface area contributed by atoms with E-state index in [9.17, 15) is 16.8 Å². The molecule has 0 radical (unpaired) electrons. The molecule has 19 heavy (non-hydrogen) atoms. The highest BCUT2D eigenvalue weighted by atomic mass is 32.2. The summed E-state index contributed by atoms with van der Waals surface area (Å²) in [5.74, 6) is -0.219. The molecule has 0 atom stereocenters. The lowest BCUT2D eigenvalue weighted by Crippen LogP contribution is -2.33. The van der Waals surface area contributed by atoms with Crippen molar-refractivity contribution in [3.05, 3.63) is 6.20 Å². The van der Waals surface area contributed by atoms with Crippen molar-refractivity contribution in [2.24, 2.45) is 7.05 Å². The number of anilines is 1. The lowest BCUT2D eigenvalue weighted by atomic mass is 10.5. The smallest absolute Gasteiger partial charge is 0.248 e. The molecule has 2 rings (SSSR count). The molecule has 1 aromatic rings. The van der Waals surface area contributed by atoms with E-state index in [1.807, 2.05) is 0 Å². The molecule has 1 aliphatic rings. The summed E-state index contributed by atoms with van der Waals surface area (Å²) in [6, 6.07) is 0. The van der Waals surface area contributed by atoms with Gasteiger partial charge >= 0.3 is 0 Å². The maximum atomic E-state index is 12.4. The predicted octanol–water partition coefficient (Wildman–Crippen LogP) is -1.19. The van der Waals surface area contributed by atoms with Crippen LogP contribution in [0.4, 0.5) is 5.82 Å². The Bertz CT molecular complexity index is 677. The Morgan fingerprint density at radius 1 is 1.32 bits per heavy atom. The summed E-state index contributed by atoms with van der Waals surface area (Å²) >= 11 is 0. The second kappa shape index (κ2) is 4.76. The normalized spacial score (nSPS) is 21.1. The SMILES string of the molecule is Cn1cc(S(=O)(=O)N2CCCS(=O)(=O)CC2)c(N)n1. The van der Waals surface area contributed by atoms with E-state index in [-0.39, 0.29) is 35.3 Å². The third kappa shape index (κ3) is 2.90. The van der Waals surface area contributed by atoms with E-state index < -0.39 is 19.9 Å². The molecule has 1 aliphatic heterocycles. The first kappa shape index (κ1) is 14.3. The van der Waals surface area contributed by atoms with Crippen LogP contribution in [0.1, 0.15) is 6.42 Å².